The van der Waals surface area contributed by atoms with Gasteiger partial charge in [0.05, 0.1) is 0 Å². The van der Waals surface area contributed by atoms with Gasteiger partial charge in [0.2, 0.25) is 0 Å². The first-order chi connectivity index (χ1) is 31.3. The molecule has 0 atom stereocenters. The van der Waals surface area contributed by atoms with Crippen LogP contribution in [0.1, 0.15) is 245 Å². The lowest BCUT2D eigenvalue weighted by Gasteiger charge is -2.35. The van der Waals surface area contributed by atoms with Gasteiger partial charge < -0.3 is 29.9 Å². The van der Waals surface area contributed by atoms with E-state index in [1.807, 2.05) is 0 Å². The SMILES string of the molecule is CCCCCCCCCCCCCCCCN(CCCCCCCC(=O)OC(CCCCCCCC)CCCCCCCC)CCCNc1c(N2CCN(C)CC2)c(=O)c1=O.O=CO. The Morgan fingerprint density at radius 2 is 0.953 bits per heavy atom. The van der Waals surface area contributed by atoms with Crippen LogP contribution in [0.15, 0.2) is 9.59 Å². The number of hydrogen-bond donors (Lipinski definition) is 2. The minimum Gasteiger partial charge on any atom is -0.483 e. The number of piperazine rings is 1. The Hall–Kier alpha value is -2.46. The van der Waals surface area contributed by atoms with Gasteiger partial charge in [-0.25, -0.2) is 0 Å². The lowest BCUT2D eigenvalue weighted by atomic mass is 10.0. The summed E-state index contributed by atoms with van der Waals surface area (Å²) in [5.41, 5.74) is 0.497. The van der Waals surface area contributed by atoms with Gasteiger partial charge in [-0.2, -0.15) is 0 Å². The molecule has 1 aromatic rings. The van der Waals surface area contributed by atoms with Crippen LogP contribution in [0.2, 0.25) is 0 Å². The molecule has 1 aromatic carbocycles. The van der Waals surface area contributed by atoms with E-state index in [9.17, 15) is 14.4 Å². The quantitative estimate of drug-likeness (QED) is 0.0283. The van der Waals surface area contributed by atoms with E-state index in [4.69, 9.17) is 14.6 Å². The number of anilines is 2. The van der Waals surface area contributed by atoms with Crippen molar-refractivity contribution in [2.75, 3.05) is 69.6 Å². The molecule has 374 valence electrons. The highest BCUT2D eigenvalue weighted by Crippen LogP contribution is 2.22. The summed E-state index contributed by atoms with van der Waals surface area (Å²) in [6.45, 7) is 14.0. The van der Waals surface area contributed by atoms with Gasteiger partial charge in [0.1, 0.15) is 17.5 Å². The highest BCUT2D eigenvalue weighted by molar-refractivity contribution is 5.75. The van der Waals surface area contributed by atoms with Gasteiger partial charge in [0, 0.05) is 39.1 Å². The maximum Gasteiger partial charge on any atom is 0.306 e. The number of carbonyl (C=O) groups is 2. The Balaban J connectivity index is 0.00000662. The predicted molar refractivity (Wildman–Crippen MR) is 273 cm³/mol. The molecule has 0 saturated carbocycles. The van der Waals surface area contributed by atoms with Gasteiger partial charge in [-0.05, 0) is 78.0 Å². The summed E-state index contributed by atoms with van der Waals surface area (Å²) in [5, 5.41) is 10.3. The Bertz CT molecular complexity index is 1260. The smallest absolute Gasteiger partial charge is 0.306 e. The number of ether oxygens (including phenoxy) is 1. The van der Waals surface area contributed by atoms with E-state index in [2.05, 4.69) is 47.8 Å². The molecule has 64 heavy (non-hydrogen) atoms. The molecule has 10 nitrogen and oxygen atoms in total. The van der Waals surface area contributed by atoms with Crippen LogP contribution in [0.3, 0.4) is 0 Å². The monoisotopic (exact) mass is 903 g/mol. The Labute approximate surface area is 393 Å². The molecular weight excluding hydrogens is 801 g/mol. The molecule has 1 saturated heterocycles. The van der Waals surface area contributed by atoms with Crippen molar-refractivity contribution in [1.82, 2.24) is 9.80 Å². The van der Waals surface area contributed by atoms with E-state index in [1.54, 1.807) is 0 Å². The molecular formula is C54H102N4O6. The summed E-state index contributed by atoms with van der Waals surface area (Å²) >= 11 is 0. The molecule has 0 radical (unpaired) electrons. The minimum atomic E-state index is -0.345. The lowest BCUT2D eigenvalue weighted by Crippen LogP contribution is -2.50. The fourth-order valence-corrected chi connectivity index (χ4v) is 9.20. The Morgan fingerprint density at radius 1 is 0.578 bits per heavy atom. The topological polar surface area (TPSA) is 119 Å². The molecule has 10 heteroatoms. The summed E-state index contributed by atoms with van der Waals surface area (Å²) in [5.74, 6) is 0.0225. The van der Waals surface area contributed by atoms with Crippen LogP contribution >= 0.6 is 0 Å². The fourth-order valence-electron chi connectivity index (χ4n) is 9.20. The van der Waals surface area contributed by atoms with Crippen molar-refractivity contribution in [3.05, 3.63) is 20.4 Å². The average molecular weight is 903 g/mol. The Kier molecular flexibility index (Phi) is 40.1. The fraction of sp³-hybridized carbons (Fsp3) is 0.889. The first-order valence-corrected chi connectivity index (χ1v) is 27.3. The number of esters is 1. The van der Waals surface area contributed by atoms with Crippen molar-refractivity contribution < 1.29 is 19.4 Å². The van der Waals surface area contributed by atoms with Crippen LogP contribution in [0.5, 0.6) is 0 Å². The summed E-state index contributed by atoms with van der Waals surface area (Å²) in [6.07, 6.45) is 43.9. The zero-order valence-electron chi connectivity index (χ0n) is 42.4. The van der Waals surface area contributed by atoms with Crippen molar-refractivity contribution in [3.63, 3.8) is 0 Å². The van der Waals surface area contributed by atoms with E-state index in [-0.39, 0.29) is 29.4 Å². The van der Waals surface area contributed by atoms with Gasteiger partial charge in [-0.3, -0.25) is 19.2 Å². The van der Waals surface area contributed by atoms with Crippen molar-refractivity contribution in [3.8, 4) is 0 Å². The molecule has 2 N–H and O–H groups in total. The molecule has 1 fully saturated rings. The molecule has 1 heterocycles. The third-order valence-electron chi connectivity index (χ3n) is 13.4. The van der Waals surface area contributed by atoms with Gasteiger partial charge in [0.15, 0.2) is 0 Å². The number of rotatable bonds is 44. The number of nitrogens with zero attached hydrogens (tertiary/aromatic N) is 3. The molecule has 0 amide bonds. The molecule has 0 spiro atoms. The molecule has 2 rings (SSSR count). The van der Waals surface area contributed by atoms with E-state index in [0.717, 1.165) is 84.5 Å². The molecule has 1 aliphatic heterocycles. The first kappa shape index (κ1) is 59.6. The third-order valence-corrected chi connectivity index (χ3v) is 13.4. The van der Waals surface area contributed by atoms with E-state index in [1.165, 1.54) is 186 Å². The largest absolute Gasteiger partial charge is 0.483 e. The lowest BCUT2D eigenvalue weighted by molar-refractivity contribution is -0.150. The number of unbranched alkanes of at least 4 members (excludes halogenated alkanes) is 27. The van der Waals surface area contributed by atoms with Crippen molar-refractivity contribution in [1.29, 1.82) is 0 Å². The van der Waals surface area contributed by atoms with Gasteiger partial charge in [0.25, 0.3) is 17.3 Å². The summed E-state index contributed by atoms with van der Waals surface area (Å²) in [6, 6.07) is 0. The maximum absolute atomic E-state index is 12.9. The van der Waals surface area contributed by atoms with Gasteiger partial charge >= 0.3 is 5.97 Å². The van der Waals surface area contributed by atoms with E-state index >= 15 is 0 Å². The van der Waals surface area contributed by atoms with Crippen molar-refractivity contribution in [2.24, 2.45) is 0 Å². The van der Waals surface area contributed by atoms with E-state index in [0.29, 0.717) is 17.8 Å². The number of carbonyl (C=O) groups excluding carboxylic acids is 1. The highest BCUT2D eigenvalue weighted by atomic mass is 16.5. The minimum absolute atomic E-state index is 0.0225. The Morgan fingerprint density at radius 3 is 1.39 bits per heavy atom. The van der Waals surface area contributed by atoms with Crippen LogP contribution in [0.25, 0.3) is 0 Å². The van der Waals surface area contributed by atoms with Crippen LogP contribution in [0, 0.1) is 0 Å². The van der Waals surface area contributed by atoms with Gasteiger partial charge in [-0.15, -0.1) is 0 Å². The number of hydrogen-bond acceptors (Lipinski definition) is 9. The van der Waals surface area contributed by atoms with Crippen molar-refractivity contribution in [2.45, 2.75) is 252 Å². The zero-order chi connectivity index (χ0) is 46.7. The van der Waals surface area contributed by atoms with Gasteiger partial charge in [-0.1, -0.05) is 188 Å². The maximum atomic E-state index is 12.9. The predicted octanol–water partition coefficient (Wildman–Crippen LogP) is 13.1. The molecule has 0 aliphatic carbocycles. The normalized spacial score (nSPS) is 13.2. The molecule has 0 aromatic heterocycles. The van der Waals surface area contributed by atoms with E-state index < -0.39 is 0 Å². The average Bonchev–Trinajstić information content (AvgIpc) is 3.29. The third kappa shape index (κ3) is 31.5. The zero-order valence-corrected chi connectivity index (χ0v) is 42.4. The van der Waals surface area contributed by atoms with Crippen LogP contribution in [-0.4, -0.2) is 92.9 Å². The molecule has 0 bridgehead atoms. The summed E-state index contributed by atoms with van der Waals surface area (Å²) < 4.78 is 6.10. The second kappa shape index (κ2) is 43.1. The summed E-state index contributed by atoms with van der Waals surface area (Å²) in [4.78, 5) is 53.3. The second-order valence-corrected chi connectivity index (χ2v) is 19.2. The number of carboxylic acid groups (broad SMARTS) is 1. The van der Waals surface area contributed by atoms with Crippen LogP contribution in [0.4, 0.5) is 11.4 Å². The summed E-state index contributed by atoms with van der Waals surface area (Å²) in [7, 11) is 2.10. The first-order valence-electron chi connectivity index (χ1n) is 27.3. The van der Waals surface area contributed by atoms with Crippen LogP contribution < -0.4 is 21.1 Å². The molecule has 1 aliphatic rings. The molecule has 0 unspecified atom stereocenters. The van der Waals surface area contributed by atoms with Crippen molar-refractivity contribution >= 4 is 23.8 Å². The standard InChI is InChI=1S/C53H100N4O4.CH2O2/c1-5-8-11-14-17-18-19-20-21-22-23-24-29-34-41-56(43-36-40-54-50-51(53(60)52(50)59)57-46-44-55(4)45-47-57)42-35-30-25-28-33-39-49(58)61-48(37-31-26-15-12-9-6-2)38-32-27-16-13-10-7-3;2-1-3/h48,54H,5-47H2,1-4H3;1H,(H,2,3). The number of nitrogens with one attached hydrogen (secondary N) is 1. The van der Waals surface area contributed by atoms with Crippen LogP contribution in [-0.2, 0) is 14.3 Å². The number of likely N-dealkylation sites (N-methyl/N-ethyl adjacent to an activating group) is 1. The second-order valence-electron chi connectivity index (χ2n) is 19.2. The highest BCUT2D eigenvalue weighted by Gasteiger charge is 2.27.